The normalized spacial score (nSPS) is 16.3. The van der Waals surface area contributed by atoms with E-state index in [9.17, 15) is 0 Å². The van der Waals surface area contributed by atoms with Gasteiger partial charge in [0, 0.05) is 14.9 Å². The number of rotatable bonds is 3. The van der Waals surface area contributed by atoms with Crippen LogP contribution in [0.25, 0.3) is 11.1 Å². The zero-order valence-corrected chi connectivity index (χ0v) is 18.7. The fourth-order valence-corrected chi connectivity index (χ4v) is 4.98. The van der Waals surface area contributed by atoms with Gasteiger partial charge in [0.2, 0.25) is 0 Å². The minimum Gasteiger partial charge on any atom is -0.0767 e. The Morgan fingerprint density at radius 3 is 2.00 bits per heavy atom. The van der Waals surface area contributed by atoms with E-state index in [2.05, 4.69) is 101 Å². The van der Waals surface area contributed by atoms with Crippen molar-refractivity contribution in [3.05, 3.63) is 79.8 Å². The molecule has 2 aromatic carbocycles. The van der Waals surface area contributed by atoms with E-state index in [1.165, 1.54) is 49.6 Å². The van der Waals surface area contributed by atoms with Gasteiger partial charge in [0.05, 0.1) is 0 Å². The fourth-order valence-electron chi connectivity index (χ4n) is 4.22. The lowest BCUT2D eigenvalue weighted by Gasteiger charge is -2.18. The first-order valence-corrected chi connectivity index (χ1v) is 10.9. The molecule has 2 aliphatic rings. The average Bonchev–Trinajstić information content (AvgIpc) is 3.15. The molecule has 2 aliphatic carbocycles. The Hall–Kier alpha value is -1.12. The molecule has 2 heteroatoms. The van der Waals surface area contributed by atoms with Gasteiger partial charge in [-0.2, -0.15) is 0 Å². The second-order valence-electron chi connectivity index (χ2n) is 8.47. The molecule has 0 nitrogen and oxygen atoms in total. The van der Waals surface area contributed by atoms with E-state index >= 15 is 0 Å². The van der Waals surface area contributed by atoms with Crippen LogP contribution in [0.4, 0.5) is 0 Å². The van der Waals surface area contributed by atoms with Crippen molar-refractivity contribution in [1.29, 1.82) is 0 Å². The van der Waals surface area contributed by atoms with Gasteiger partial charge >= 0.3 is 0 Å². The molecule has 26 heavy (non-hydrogen) atoms. The first-order chi connectivity index (χ1) is 12.3. The molecule has 0 atom stereocenters. The zero-order valence-electron chi connectivity index (χ0n) is 15.6. The summed E-state index contributed by atoms with van der Waals surface area (Å²) in [4.78, 5) is 0. The van der Waals surface area contributed by atoms with Crippen LogP contribution >= 0.6 is 31.9 Å². The van der Waals surface area contributed by atoms with E-state index in [0.717, 1.165) is 6.42 Å². The van der Waals surface area contributed by atoms with Gasteiger partial charge in [-0.1, -0.05) is 82.5 Å². The Bertz CT molecular complexity index is 874. The predicted molar refractivity (Wildman–Crippen MR) is 119 cm³/mol. The maximum Gasteiger partial charge on any atom is 0.0178 e. The Kier molecular flexibility index (Phi) is 4.77. The molecule has 0 bridgehead atoms. The largest absolute Gasteiger partial charge is 0.0767 e. The Morgan fingerprint density at radius 2 is 1.50 bits per heavy atom. The van der Waals surface area contributed by atoms with Crippen molar-refractivity contribution in [2.45, 2.75) is 46.0 Å². The first-order valence-electron chi connectivity index (χ1n) is 9.32. The molecule has 0 fully saturated rings. The van der Waals surface area contributed by atoms with Crippen molar-refractivity contribution in [3.8, 4) is 11.1 Å². The van der Waals surface area contributed by atoms with Crippen LogP contribution in [0.15, 0.2) is 68.6 Å². The van der Waals surface area contributed by atoms with Crippen molar-refractivity contribution < 1.29 is 0 Å². The molecular weight excluding hydrogens is 448 g/mol. The van der Waals surface area contributed by atoms with E-state index in [4.69, 9.17) is 0 Å². The summed E-state index contributed by atoms with van der Waals surface area (Å²) in [6, 6.07) is 13.5. The Morgan fingerprint density at radius 1 is 0.923 bits per heavy atom. The van der Waals surface area contributed by atoms with Crippen LogP contribution in [0.3, 0.4) is 0 Å². The summed E-state index contributed by atoms with van der Waals surface area (Å²) in [5.74, 6) is 0.481. The monoisotopic (exact) mass is 470 g/mol. The third-order valence-electron chi connectivity index (χ3n) is 5.63. The summed E-state index contributed by atoms with van der Waals surface area (Å²) in [7, 11) is 0. The van der Waals surface area contributed by atoms with Gasteiger partial charge in [-0.15, -0.1) is 0 Å². The lowest BCUT2D eigenvalue weighted by molar-refractivity contribution is 0.517. The maximum absolute atomic E-state index is 3.67. The summed E-state index contributed by atoms with van der Waals surface area (Å²) >= 11 is 7.34. The molecule has 0 N–H and O–H groups in total. The highest BCUT2D eigenvalue weighted by Crippen LogP contribution is 2.49. The van der Waals surface area contributed by atoms with Crippen LogP contribution in [-0.2, 0) is 0 Å². The zero-order chi connectivity index (χ0) is 18.5. The van der Waals surface area contributed by atoms with Crippen LogP contribution in [0.1, 0.15) is 57.1 Å². The summed E-state index contributed by atoms with van der Waals surface area (Å²) < 4.78 is 2.34. The van der Waals surface area contributed by atoms with Crippen LogP contribution in [0.5, 0.6) is 0 Å². The van der Waals surface area contributed by atoms with Gasteiger partial charge in [0.1, 0.15) is 0 Å². The van der Waals surface area contributed by atoms with E-state index in [1.54, 1.807) is 5.57 Å². The molecule has 0 unspecified atom stereocenters. The molecular formula is C24H24Br2. The Balaban J connectivity index is 1.61. The van der Waals surface area contributed by atoms with E-state index in [0.29, 0.717) is 5.92 Å². The summed E-state index contributed by atoms with van der Waals surface area (Å²) in [6.07, 6.45) is 8.32. The van der Waals surface area contributed by atoms with Crippen molar-refractivity contribution in [2.75, 3.05) is 0 Å². The van der Waals surface area contributed by atoms with Crippen LogP contribution in [-0.4, -0.2) is 0 Å². The molecule has 0 heterocycles. The van der Waals surface area contributed by atoms with Crippen molar-refractivity contribution in [3.63, 3.8) is 0 Å². The number of benzene rings is 2. The number of hydrogen-bond donors (Lipinski definition) is 0. The second kappa shape index (κ2) is 6.80. The molecule has 0 radical (unpaired) electrons. The maximum atomic E-state index is 3.67. The standard InChI is InChI=1S/C24H24Br2/c1-24(2,3)16-6-4-15(12-16)5-9-21-22-13-17(25)7-10-19(22)20-11-8-18(26)14-23(20)21/h6-8,10-14,21H,4-5,9H2,1-3H3. The Labute approximate surface area is 173 Å². The molecule has 0 aliphatic heterocycles. The number of halogens is 2. The number of hydrogen-bond acceptors (Lipinski definition) is 0. The van der Waals surface area contributed by atoms with Gasteiger partial charge in [-0.25, -0.2) is 0 Å². The minimum absolute atomic E-state index is 0.254. The summed E-state index contributed by atoms with van der Waals surface area (Å²) in [6.45, 7) is 6.91. The second-order valence-corrected chi connectivity index (χ2v) is 10.3. The summed E-state index contributed by atoms with van der Waals surface area (Å²) in [5.41, 5.74) is 9.05. The molecule has 4 rings (SSSR count). The quantitative estimate of drug-likeness (QED) is 0.421. The molecule has 2 aromatic rings. The molecule has 134 valence electrons. The molecule has 0 saturated carbocycles. The van der Waals surface area contributed by atoms with E-state index < -0.39 is 0 Å². The highest BCUT2D eigenvalue weighted by Gasteiger charge is 2.29. The fraction of sp³-hybridized carbons (Fsp3) is 0.333. The van der Waals surface area contributed by atoms with Crippen LogP contribution < -0.4 is 0 Å². The molecule has 0 amide bonds. The topological polar surface area (TPSA) is 0 Å². The van der Waals surface area contributed by atoms with Gasteiger partial charge in [0.25, 0.3) is 0 Å². The molecule has 0 aromatic heterocycles. The smallest absolute Gasteiger partial charge is 0.0178 e. The molecule has 0 spiro atoms. The lowest BCUT2D eigenvalue weighted by atomic mass is 9.87. The average molecular weight is 472 g/mol. The van der Waals surface area contributed by atoms with E-state index in [1.807, 2.05) is 0 Å². The first kappa shape index (κ1) is 18.3. The highest BCUT2D eigenvalue weighted by atomic mass is 79.9. The number of allylic oxidation sites excluding steroid dienone is 4. The van der Waals surface area contributed by atoms with Gasteiger partial charge in [-0.05, 0) is 76.8 Å². The third-order valence-corrected chi connectivity index (χ3v) is 6.62. The van der Waals surface area contributed by atoms with Gasteiger partial charge in [0.15, 0.2) is 0 Å². The SMILES string of the molecule is CC(C)(C)C1=CCC(CCC2c3cc(Br)ccc3-c3ccc(Br)cc32)=C1. The number of fused-ring (bicyclic) bond motifs is 3. The highest BCUT2D eigenvalue weighted by molar-refractivity contribution is 9.10. The van der Waals surface area contributed by atoms with Crippen molar-refractivity contribution in [2.24, 2.45) is 5.41 Å². The third kappa shape index (κ3) is 3.39. The van der Waals surface area contributed by atoms with Crippen LogP contribution in [0.2, 0.25) is 0 Å². The van der Waals surface area contributed by atoms with Crippen molar-refractivity contribution >= 4 is 31.9 Å². The van der Waals surface area contributed by atoms with Crippen LogP contribution in [0, 0.1) is 5.41 Å². The van der Waals surface area contributed by atoms with Crippen molar-refractivity contribution in [1.82, 2.24) is 0 Å². The minimum atomic E-state index is 0.254. The van der Waals surface area contributed by atoms with Gasteiger partial charge in [-0.3, -0.25) is 0 Å². The van der Waals surface area contributed by atoms with E-state index in [-0.39, 0.29) is 5.41 Å². The predicted octanol–water partition coefficient (Wildman–Crippen LogP) is 8.41. The van der Waals surface area contributed by atoms with Gasteiger partial charge < -0.3 is 0 Å². The lowest BCUT2D eigenvalue weighted by Crippen LogP contribution is -2.05. The molecule has 0 saturated heterocycles. The summed E-state index contributed by atoms with van der Waals surface area (Å²) in [5, 5.41) is 0.